The molecule has 1 heterocycles. The lowest BCUT2D eigenvalue weighted by atomic mass is 10.1. The van der Waals surface area contributed by atoms with Crippen molar-refractivity contribution < 1.29 is 14.0 Å². The van der Waals surface area contributed by atoms with E-state index in [-0.39, 0.29) is 18.1 Å². The van der Waals surface area contributed by atoms with Gasteiger partial charge in [0.15, 0.2) is 5.78 Å². The molecule has 0 unspecified atom stereocenters. The summed E-state index contributed by atoms with van der Waals surface area (Å²) in [5, 5.41) is 2.56. The number of benzene rings is 1. The summed E-state index contributed by atoms with van der Waals surface area (Å²) in [6.45, 7) is 1.44. The quantitative estimate of drug-likeness (QED) is 0.870. The number of hydrogen-bond donors (Lipinski definition) is 1. The predicted molar refractivity (Wildman–Crippen MR) is 73.0 cm³/mol. The van der Waals surface area contributed by atoms with E-state index in [0.29, 0.717) is 16.9 Å². The van der Waals surface area contributed by atoms with E-state index in [1.807, 2.05) is 0 Å². The van der Waals surface area contributed by atoms with Crippen molar-refractivity contribution in [2.24, 2.45) is 0 Å². The molecule has 0 spiro atoms. The number of Topliss-reactive ketones (excluding diaryl/α,β-unsaturated/α-hetero) is 1. The van der Waals surface area contributed by atoms with E-state index in [0.717, 1.165) is 0 Å². The van der Waals surface area contributed by atoms with Crippen LogP contribution in [0.1, 0.15) is 22.8 Å². The standard InChI is InChI=1S/C15H13FN2O2/c1-10(19)12-6-7-14(17-9-12)18-15(20)8-11-4-2-3-5-13(11)16/h2-7,9H,8H2,1H3,(H,17,18,20). The van der Waals surface area contributed by atoms with E-state index in [9.17, 15) is 14.0 Å². The fourth-order valence-corrected chi connectivity index (χ4v) is 1.68. The van der Waals surface area contributed by atoms with Crippen molar-refractivity contribution in [3.05, 3.63) is 59.5 Å². The first-order valence-corrected chi connectivity index (χ1v) is 6.06. The molecule has 2 rings (SSSR count). The van der Waals surface area contributed by atoms with E-state index < -0.39 is 5.82 Å². The van der Waals surface area contributed by atoms with Crippen LogP contribution in [-0.4, -0.2) is 16.7 Å². The molecule has 1 aromatic carbocycles. The fourth-order valence-electron chi connectivity index (χ4n) is 1.68. The van der Waals surface area contributed by atoms with Gasteiger partial charge in [-0.25, -0.2) is 9.37 Å². The van der Waals surface area contributed by atoms with Gasteiger partial charge in [-0.3, -0.25) is 9.59 Å². The third-order valence-electron chi connectivity index (χ3n) is 2.75. The molecule has 0 radical (unpaired) electrons. The van der Waals surface area contributed by atoms with Crippen molar-refractivity contribution in [2.75, 3.05) is 5.32 Å². The minimum absolute atomic E-state index is 0.0667. The van der Waals surface area contributed by atoms with Gasteiger partial charge in [0.05, 0.1) is 6.42 Å². The lowest BCUT2D eigenvalue weighted by molar-refractivity contribution is -0.115. The smallest absolute Gasteiger partial charge is 0.230 e. The Hall–Kier alpha value is -2.56. The minimum atomic E-state index is -0.414. The summed E-state index contributed by atoms with van der Waals surface area (Å²) in [5.41, 5.74) is 0.794. The molecule has 0 fully saturated rings. The van der Waals surface area contributed by atoms with Crippen molar-refractivity contribution in [3.63, 3.8) is 0 Å². The SMILES string of the molecule is CC(=O)c1ccc(NC(=O)Cc2ccccc2F)nc1. The average molecular weight is 272 g/mol. The van der Waals surface area contributed by atoms with Gasteiger partial charge in [0, 0.05) is 11.8 Å². The largest absolute Gasteiger partial charge is 0.310 e. The summed E-state index contributed by atoms with van der Waals surface area (Å²) < 4.78 is 13.4. The monoisotopic (exact) mass is 272 g/mol. The first-order valence-electron chi connectivity index (χ1n) is 6.06. The number of halogens is 1. The number of anilines is 1. The van der Waals surface area contributed by atoms with Gasteiger partial charge in [-0.15, -0.1) is 0 Å². The first kappa shape index (κ1) is 13.9. The molecule has 1 aromatic heterocycles. The summed E-state index contributed by atoms with van der Waals surface area (Å²) in [4.78, 5) is 26.8. The Labute approximate surface area is 115 Å². The van der Waals surface area contributed by atoms with Gasteiger partial charge in [0.25, 0.3) is 0 Å². The number of ketones is 1. The van der Waals surface area contributed by atoms with Gasteiger partial charge in [0.1, 0.15) is 11.6 Å². The number of rotatable bonds is 4. The lowest BCUT2D eigenvalue weighted by Crippen LogP contribution is -2.16. The maximum Gasteiger partial charge on any atom is 0.230 e. The summed E-state index contributed by atoms with van der Waals surface area (Å²) in [6, 6.07) is 9.22. The van der Waals surface area contributed by atoms with E-state index in [1.165, 1.54) is 25.3 Å². The van der Waals surface area contributed by atoms with Crippen molar-refractivity contribution in [1.29, 1.82) is 0 Å². The molecule has 0 aliphatic carbocycles. The average Bonchev–Trinajstić information content (AvgIpc) is 2.42. The Kier molecular flexibility index (Phi) is 4.20. The Bertz CT molecular complexity index is 639. The summed E-state index contributed by atoms with van der Waals surface area (Å²) in [6.07, 6.45) is 1.32. The van der Waals surface area contributed by atoms with Crippen molar-refractivity contribution in [1.82, 2.24) is 4.98 Å². The number of nitrogens with one attached hydrogen (secondary N) is 1. The molecule has 0 saturated heterocycles. The van der Waals surface area contributed by atoms with Gasteiger partial charge >= 0.3 is 0 Å². The fraction of sp³-hybridized carbons (Fsp3) is 0.133. The van der Waals surface area contributed by atoms with Crippen LogP contribution in [0, 0.1) is 5.82 Å². The van der Waals surface area contributed by atoms with Gasteiger partial charge < -0.3 is 5.32 Å². The number of carbonyl (C=O) groups excluding carboxylic acids is 2. The van der Waals surface area contributed by atoms with Crippen LogP contribution in [0.3, 0.4) is 0 Å². The second kappa shape index (κ2) is 6.06. The van der Waals surface area contributed by atoms with E-state index in [4.69, 9.17) is 0 Å². The van der Waals surface area contributed by atoms with E-state index >= 15 is 0 Å². The highest BCUT2D eigenvalue weighted by Gasteiger charge is 2.08. The molecule has 20 heavy (non-hydrogen) atoms. The molecule has 5 heteroatoms. The molecule has 2 aromatic rings. The van der Waals surface area contributed by atoms with Crippen LogP contribution in [-0.2, 0) is 11.2 Å². The number of carbonyl (C=O) groups is 2. The van der Waals surface area contributed by atoms with Crippen molar-refractivity contribution >= 4 is 17.5 Å². The molecule has 1 amide bonds. The third-order valence-corrected chi connectivity index (χ3v) is 2.75. The summed E-state index contributed by atoms with van der Waals surface area (Å²) >= 11 is 0. The maximum atomic E-state index is 13.4. The molecular formula is C15H13FN2O2. The normalized spacial score (nSPS) is 10.1. The summed E-state index contributed by atoms with van der Waals surface area (Å²) in [5.74, 6) is -0.543. The molecule has 4 nitrogen and oxygen atoms in total. The molecule has 102 valence electrons. The number of nitrogens with zero attached hydrogens (tertiary/aromatic N) is 1. The molecular weight excluding hydrogens is 259 g/mol. The third kappa shape index (κ3) is 3.47. The summed E-state index contributed by atoms with van der Waals surface area (Å²) in [7, 11) is 0. The van der Waals surface area contributed by atoms with Crippen LogP contribution in [0.4, 0.5) is 10.2 Å². The molecule has 0 aliphatic heterocycles. The van der Waals surface area contributed by atoms with Gasteiger partial charge in [-0.2, -0.15) is 0 Å². The Morgan fingerprint density at radius 1 is 1.20 bits per heavy atom. The second-order valence-corrected chi connectivity index (χ2v) is 4.30. The number of aromatic nitrogens is 1. The zero-order chi connectivity index (χ0) is 14.5. The Morgan fingerprint density at radius 2 is 1.95 bits per heavy atom. The van der Waals surface area contributed by atoms with Gasteiger partial charge in [-0.1, -0.05) is 18.2 Å². The molecule has 0 saturated carbocycles. The zero-order valence-corrected chi connectivity index (χ0v) is 10.9. The van der Waals surface area contributed by atoms with Crippen LogP contribution in [0.5, 0.6) is 0 Å². The van der Waals surface area contributed by atoms with Crippen LogP contribution < -0.4 is 5.32 Å². The number of pyridine rings is 1. The molecule has 0 aliphatic rings. The van der Waals surface area contributed by atoms with Crippen LogP contribution in [0.2, 0.25) is 0 Å². The topological polar surface area (TPSA) is 59.1 Å². The second-order valence-electron chi connectivity index (χ2n) is 4.30. The van der Waals surface area contributed by atoms with E-state index in [2.05, 4.69) is 10.3 Å². The predicted octanol–water partition coefficient (Wildman–Crippen LogP) is 2.60. The van der Waals surface area contributed by atoms with Crippen LogP contribution in [0.15, 0.2) is 42.6 Å². The first-order chi connectivity index (χ1) is 9.56. The zero-order valence-electron chi connectivity index (χ0n) is 10.9. The van der Waals surface area contributed by atoms with Crippen LogP contribution in [0.25, 0.3) is 0 Å². The number of hydrogen-bond acceptors (Lipinski definition) is 3. The highest BCUT2D eigenvalue weighted by molar-refractivity contribution is 5.95. The van der Waals surface area contributed by atoms with Gasteiger partial charge in [0.2, 0.25) is 5.91 Å². The minimum Gasteiger partial charge on any atom is -0.310 e. The van der Waals surface area contributed by atoms with Gasteiger partial charge in [-0.05, 0) is 30.7 Å². The molecule has 0 atom stereocenters. The molecule has 0 bridgehead atoms. The Balaban J connectivity index is 2.01. The van der Waals surface area contributed by atoms with E-state index in [1.54, 1.807) is 24.3 Å². The van der Waals surface area contributed by atoms with Crippen molar-refractivity contribution in [3.8, 4) is 0 Å². The highest BCUT2D eigenvalue weighted by atomic mass is 19.1. The maximum absolute atomic E-state index is 13.4. The molecule has 1 N–H and O–H groups in total. The lowest BCUT2D eigenvalue weighted by Gasteiger charge is -2.05. The number of amides is 1. The highest BCUT2D eigenvalue weighted by Crippen LogP contribution is 2.10. The Morgan fingerprint density at radius 3 is 2.55 bits per heavy atom. The van der Waals surface area contributed by atoms with Crippen LogP contribution >= 0.6 is 0 Å². The van der Waals surface area contributed by atoms with Crippen molar-refractivity contribution in [2.45, 2.75) is 13.3 Å².